The van der Waals surface area contributed by atoms with Gasteiger partial charge in [-0.15, -0.1) is 0 Å². The Morgan fingerprint density at radius 2 is 1.78 bits per heavy atom. The van der Waals surface area contributed by atoms with E-state index in [1.165, 1.54) is 0 Å². The van der Waals surface area contributed by atoms with Gasteiger partial charge in [0.05, 0.1) is 41.3 Å². The molecular formula is C28H33N5O3S. The van der Waals surface area contributed by atoms with E-state index < -0.39 is 0 Å². The number of aliphatic hydroxyl groups is 1. The predicted molar refractivity (Wildman–Crippen MR) is 149 cm³/mol. The lowest BCUT2D eigenvalue weighted by atomic mass is 9.93. The highest BCUT2D eigenvalue weighted by molar-refractivity contribution is 7.22. The zero-order valence-corrected chi connectivity index (χ0v) is 20.8. The summed E-state index contributed by atoms with van der Waals surface area (Å²) in [6.07, 6.45) is 7.33. The quantitative estimate of drug-likeness (QED) is 0.333. The van der Waals surface area contributed by atoms with E-state index in [1.807, 2.05) is 42.6 Å². The summed E-state index contributed by atoms with van der Waals surface area (Å²) >= 11 is 1.59. The van der Waals surface area contributed by atoms with Gasteiger partial charge in [0.15, 0.2) is 5.13 Å². The number of aromatic nitrogens is 3. The van der Waals surface area contributed by atoms with Crippen LogP contribution >= 0.6 is 11.3 Å². The number of aliphatic hydroxyl groups excluding tert-OH is 1. The second kappa shape index (κ2) is 11.4. The highest BCUT2D eigenvalue weighted by Gasteiger charge is 2.23. The highest BCUT2D eigenvalue weighted by atomic mass is 32.1. The maximum atomic E-state index is 10.3. The Labute approximate surface area is 221 Å². The van der Waals surface area contributed by atoms with Crippen molar-refractivity contribution in [2.24, 2.45) is 0 Å². The Bertz CT molecular complexity index is 1340. The molecule has 1 aliphatic heterocycles. The summed E-state index contributed by atoms with van der Waals surface area (Å²) in [5.74, 6) is 2.40. The van der Waals surface area contributed by atoms with Crippen molar-refractivity contribution >= 4 is 32.5 Å². The topological polar surface area (TPSA) is 92.6 Å². The molecule has 2 N–H and O–H groups in total. The van der Waals surface area contributed by atoms with Crippen LogP contribution in [-0.2, 0) is 4.74 Å². The maximum Gasteiger partial charge on any atom is 0.184 e. The largest absolute Gasteiger partial charge is 0.457 e. The van der Waals surface area contributed by atoms with Crippen LogP contribution in [0.4, 0.5) is 10.9 Å². The number of anilines is 2. The van der Waals surface area contributed by atoms with Crippen molar-refractivity contribution in [2.75, 3.05) is 36.5 Å². The molecule has 37 heavy (non-hydrogen) atoms. The third-order valence-electron chi connectivity index (χ3n) is 6.74. The first kappa shape index (κ1) is 25.4. The van der Waals surface area contributed by atoms with Crippen LogP contribution in [0.15, 0.2) is 54.9 Å². The lowest BCUT2D eigenvalue weighted by Gasteiger charge is -2.28. The molecule has 1 aliphatic carbocycles. The van der Waals surface area contributed by atoms with Gasteiger partial charge in [0.1, 0.15) is 17.3 Å². The number of thiazole rings is 1. The minimum atomic E-state index is -0.309. The van der Waals surface area contributed by atoms with E-state index >= 15 is 0 Å². The minimum Gasteiger partial charge on any atom is -0.457 e. The lowest BCUT2D eigenvalue weighted by Crippen LogP contribution is -2.36. The molecular weight excluding hydrogens is 486 g/mol. The fraction of sp³-hybridized carbons (Fsp3) is 0.393. The van der Waals surface area contributed by atoms with Crippen LogP contribution in [0, 0.1) is 0 Å². The normalized spacial score (nSPS) is 19.9. The van der Waals surface area contributed by atoms with Gasteiger partial charge in [-0.2, -0.15) is 0 Å². The molecule has 3 aromatic heterocycles. The number of ether oxygens (including phenoxy) is 2. The number of hydrogen-bond acceptors (Lipinski definition) is 9. The van der Waals surface area contributed by atoms with Gasteiger partial charge in [0.25, 0.3) is 0 Å². The molecule has 2 atom stereocenters. The van der Waals surface area contributed by atoms with Crippen LogP contribution < -0.4 is 15.0 Å². The molecule has 9 heteroatoms. The SMILES string of the molecule is C.O[C@@H]1CCCC[C@H]1Nc1nc2ccc(Oc3ccnc(-c4ccnc(N5CCOCC5)c4)c3)cc2s1. The lowest BCUT2D eigenvalue weighted by molar-refractivity contribution is 0.116. The Balaban J connectivity index is 0.00000280. The van der Waals surface area contributed by atoms with E-state index in [-0.39, 0.29) is 19.6 Å². The number of pyridine rings is 2. The van der Waals surface area contributed by atoms with Crippen LogP contribution in [0.1, 0.15) is 33.1 Å². The number of benzene rings is 1. The summed E-state index contributed by atoms with van der Waals surface area (Å²) in [6, 6.07) is 13.8. The van der Waals surface area contributed by atoms with Crippen molar-refractivity contribution in [3.63, 3.8) is 0 Å². The number of rotatable bonds is 6. The van der Waals surface area contributed by atoms with E-state index in [4.69, 9.17) is 14.5 Å². The van der Waals surface area contributed by atoms with Gasteiger partial charge in [0, 0.05) is 43.2 Å². The van der Waals surface area contributed by atoms with Crippen molar-refractivity contribution in [3.05, 3.63) is 54.9 Å². The number of morpholine rings is 1. The predicted octanol–water partition coefficient (Wildman–Crippen LogP) is 5.73. The monoisotopic (exact) mass is 519 g/mol. The fourth-order valence-electron chi connectivity index (χ4n) is 4.78. The molecule has 0 bridgehead atoms. The van der Waals surface area contributed by atoms with Crippen molar-refractivity contribution < 1.29 is 14.6 Å². The molecule has 2 aliphatic rings. The maximum absolute atomic E-state index is 10.3. The zero-order chi connectivity index (χ0) is 24.3. The third kappa shape index (κ3) is 5.84. The summed E-state index contributed by atoms with van der Waals surface area (Å²) in [5.41, 5.74) is 2.75. The first-order valence-electron chi connectivity index (χ1n) is 12.5. The second-order valence-electron chi connectivity index (χ2n) is 9.23. The molecule has 1 aromatic carbocycles. The van der Waals surface area contributed by atoms with Gasteiger partial charge in [0.2, 0.25) is 0 Å². The number of nitrogens with zero attached hydrogens (tertiary/aromatic N) is 4. The average Bonchev–Trinajstić information content (AvgIpc) is 3.32. The summed E-state index contributed by atoms with van der Waals surface area (Å²) in [6.45, 7) is 3.12. The first-order chi connectivity index (χ1) is 17.7. The molecule has 1 saturated carbocycles. The van der Waals surface area contributed by atoms with E-state index in [1.54, 1.807) is 17.5 Å². The Kier molecular flexibility index (Phi) is 7.83. The second-order valence-corrected chi connectivity index (χ2v) is 10.3. The molecule has 4 heterocycles. The Morgan fingerprint density at radius 3 is 2.65 bits per heavy atom. The van der Waals surface area contributed by atoms with Crippen LogP contribution in [0.3, 0.4) is 0 Å². The molecule has 2 fully saturated rings. The zero-order valence-electron chi connectivity index (χ0n) is 20.0. The van der Waals surface area contributed by atoms with E-state index in [9.17, 15) is 5.11 Å². The minimum absolute atomic E-state index is 0. The van der Waals surface area contributed by atoms with Crippen molar-refractivity contribution in [1.82, 2.24) is 15.0 Å². The van der Waals surface area contributed by atoms with Gasteiger partial charge >= 0.3 is 0 Å². The van der Waals surface area contributed by atoms with Crippen LogP contribution in [0.25, 0.3) is 21.5 Å². The van der Waals surface area contributed by atoms with Gasteiger partial charge in [-0.3, -0.25) is 4.98 Å². The van der Waals surface area contributed by atoms with Gasteiger partial charge in [-0.05, 0) is 43.2 Å². The number of nitrogens with one attached hydrogen (secondary N) is 1. The molecule has 0 unspecified atom stereocenters. The molecule has 1 saturated heterocycles. The molecule has 0 amide bonds. The smallest absolute Gasteiger partial charge is 0.184 e. The van der Waals surface area contributed by atoms with Crippen molar-refractivity contribution in [1.29, 1.82) is 0 Å². The summed E-state index contributed by atoms with van der Waals surface area (Å²) in [5, 5.41) is 14.6. The van der Waals surface area contributed by atoms with Crippen LogP contribution in [-0.4, -0.2) is 58.5 Å². The van der Waals surface area contributed by atoms with Gasteiger partial charge in [-0.25, -0.2) is 9.97 Å². The average molecular weight is 520 g/mol. The molecule has 194 valence electrons. The van der Waals surface area contributed by atoms with E-state index in [0.717, 1.165) is 95.9 Å². The molecule has 6 rings (SSSR count). The highest BCUT2D eigenvalue weighted by Crippen LogP contribution is 2.33. The summed E-state index contributed by atoms with van der Waals surface area (Å²) < 4.78 is 12.7. The van der Waals surface area contributed by atoms with Gasteiger partial charge < -0.3 is 24.8 Å². The molecule has 0 radical (unpaired) electrons. The van der Waals surface area contributed by atoms with E-state index in [0.29, 0.717) is 0 Å². The molecule has 4 aromatic rings. The number of hydrogen-bond donors (Lipinski definition) is 2. The van der Waals surface area contributed by atoms with Crippen LogP contribution in [0.2, 0.25) is 0 Å². The first-order valence-corrected chi connectivity index (χ1v) is 13.3. The van der Waals surface area contributed by atoms with Crippen molar-refractivity contribution in [3.8, 4) is 22.8 Å². The Hall–Kier alpha value is -3.27. The summed E-state index contributed by atoms with van der Waals surface area (Å²) in [4.78, 5) is 16.0. The van der Waals surface area contributed by atoms with Crippen molar-refractivity contribution in [2.45, 2.75) is 45.3 Å². The molecule has 0 spiro atoms. The standard InChI is InChI=1S/C27H29N5O3S.CH4/c33-24-4-2-1-3-21(24)30-27-31-22-6-5-19(17-25(22)36-27)35-20-8-10-28-23(16-20)18-7-9-29-26(15-18)32-11-13-34-14-12-32;/h5-10,15-17,21,24,33H,1-4,11-14H2,(H,30,31);1H4/t21-,24-;/m1./s1. The Morgan fingerprint density at radius 1 is 0.973 bits per heavy atom. The summed E-state index contributed by atoms with van der Waals surface area (Å²) in [7, 11) is 0. The van der Waals surface area contributed by atoms with Gasteiger partial charge in [-0.1, -0.05) is 31.6 Å². The number of fused-ring (bicyclic) bond motifs is 1. The van der Waals surface area contributed by atoms with Crippen LogP contribution in [0.5, 0.6) is 11.5 Å². The fourth-order valence-corrected chi connectivity index (χ4v) is 5.74. The third-order valence-corrected chi connectivity index (χ3v) is 7.69. The van der Waals surface area contributed by atoms with E-state index in [2.05, 4.69) is 26.3 Å². The molecule has 8 nitrogen and oxygen atoms in total.